The highest BCUT2D eigenvalue weighted by Gasteiger charge is 2.56. The molecule has 110 valence electrons. The summed E-state index contributed by atoms with van der Waals surface area (Å²) in [6, 6.07) is 0. The first-order valence-corrected chi connectivity index (χ1v) is 8.75. The molecule has 3 fully saturated rings. The van der Waals surface area contributed by atoms with Crippen LogP contribution in [0.2, 0.25) is 0 Å². The van der Waals surface area contributed by atoms with Crippen LogP contribution >= 0.6 is 0 Å². The second-order valence-electron chi connectivity index (χ2n) is 8.61. The first-order chi connectivity index (χ1) is 9.53. The summed E-state index contributed by atoms with van der Waals surface area (Å²) in [6.45, 7) is 5.03. The predicted octanol–water partition coefficient (Wildman–Crippen LogP) is 4.76. The van der Waals surface area contributed by atoms with E-state index in [2.05, 4.69) is 19.9 Å². The van der Waals surface area contributed by atoms with E-state index in [1.807, 2.05) is 6.08 Å². The Balaban J connectivity index is 1.68. The van der Waals surface area contributed by atoms with Crippen molar-refractivity contribution in [3.8, 4) is 0 Å². The van der Waals surface area contributed by atoms with Gasteiger partial charge in [0, 0.05) is 6.42 Å². The van der Waals surface area contributed by atoms with Crippen molar-refractivity contribution in [2.45, 2.75) is 65.2 Å². The third-order valence-corrected chi connectivity index (χ3v) is 7.82. The van der Waals surface area contributed by atoms with Crippen LogP contribution in [-0.4, -0.2) is 5.78 Å². The molecule has 0 aromatic heterocycles. The molecule has 4 aliphatic carbocycles. The fourth-order valence-electron chi connectivity index (χ4n) is 6.63. The highest BCUT2D eigenvalue weighted by atomic mass is 16.1. The van der Waals surface area contributed by atoms with Gasteiger partial charge in [0.2, 0.25) is 0 Å². The first kappa shape index (κ1) is 13.1. The van der Waals surface area contributed by atoms with Gasteiger partial charge in [-0.1, -0.05) is 26.3 Å². The molecule has 0 aromatic rings. The Kier molecular flexibility index (Phi) is 2.76. The molecule has 0 aromatic carbocycles. The molecule has 4 aliphatic rings. The molecule has 0 radical (unpaired) electrons. The Hall–Kier alpha value is -0.590. The molecule has 0 amide bonds. The van der Waals surface area contributed by atoms with Crippen molar-refractivity contribution < 1.29 is 4.79 Å². The number of ketones is 1. The smallest absolute Gasteiger partial charge is 0.155 e. The van der Waals surface area contributed by atoms with Gasteiger partial charge in [0.15, 0.2) is 5.78 Å². The number of rotatable bonds is 0. The van der Waals surface area contributed by atoms with Crippen LogP contribution < -0.4 is 0 Å². The number of carbonyl (C=O) groups is 1. The van der Waals surface area contributed by atoms with Crippen LogP contribution in [-0.2, 0) is 4.79 Å². The van der Waals surface area contributed by atoms with Crippen molar-refractivity contribution >= 4 is 5.78 Å². The largest absolute Gasteiger partial charge is 0.295 e. The van der Waals surface area contributed by atoms with E-state index in [4.69, 9.17) is 0 Å². The summed E-state index contributed by atoms with van der Waals surface area (Å²) in [4.78, 5) is 11.8. The molecule has 0 heterocycles. The van der Waals surface area contributed by atoms with Crippen LogP contribution in [0.4, 0.5) is 0 Å². The summed E-state index contributed by atoms with van der Waals surface area (Å²) >= 11 is 0. The molecule has 0 spiro atoms. The Morgan fingerprint density at radius 3 is 2.75 bits per heavy atom. The molecule has 1 nitrogen and oxygen atoms in total. The highest BCUT2D eigenvalue weighted by molar-refractivity contribution is 5.91. The molecule has 0 bridgehead atoms. The van der Waals surface area contributed by atoms with Gasteiger partial charge in [0.1, 0.15) is 0 Å². The number of fused-ring (bicyclic) bond motifs is 5. The van der Waals surface area contributed by atoms with E-state index in [0.717, 1.165) is 24.2 Å². The second-order valence-corrected chi connectivity index (χ2v) is 8.61. The van der Waals surface area contributed by atoms with Gasteiger partial charge < -0.3 is 0 Å². The summed E-state index contributed by atoms with van der Waals surface area (Å²) in [5, 5.41) is 0. The lowest BCUT2D eigenvalue weighted by molar-refractivity contribution is -0.121. The molecule has 1 heteroatoms. The zero-order valence-electron chi connectivity index (χ0n) is 13.0. The molecule has 6 atom stereocenters. The van der Waals surface area contributed by atoms with Crippen LogP contribution in [0, 0.1) is 34.5 Å². The maximum absolute atomic E-state index is 11.8. The monoisotopic (exact) mass is 272 g/mol. The van der Waals surface area contributed by atoms with Gasteiger partial charge in [-0.25, -0.2) is 0 Å². The SMILES string of the molecule is C[C@@]12CCC[C@H]1[C@@H]1CC[C@H]3CC(=O)C=C[C@@]3(C)[C@H]1CC2. The van der Waals surface area contributed by atoms with E-state index in [1.165, 1.54) is 44.9 Å². The normalized spacial score (nSPS) is 54.2. The Labute approximate surface area is 123 Å². The number of carbonyl (C=O) groups excluding carboxylic acids is 1. The van der Waals surface area contributed by atoms with Crippen LogP contribution in [0.5, 0.6) is 0 Å². The third-order valence-electron chi connectivity index (χ3n) is 7.82. The van der Waals surface area contributed by atoms with E-state index in [-0.39, 0.29) is 0 Å². The van der Waals surface area contributed by atoms with E-state index in [0.29, 0.717) is 22.5 Å². The fourth-order valence-corrected chi connectivity index (χ4v) is 6.63. The number of hydrogen-bond donors (Lipinski definition) is 0. The molecule has 0 unspecified atom stereocenters. The maximum Gasteiger partial charge on any atom is 0.155 e. The Morgan fingerprint density at radius 1 is 1.05 bits per heavy atom. The minimum absolute atomic E-state index is 0.320. The summed E-state index contributed by atoms with van der Waals surface area (Å²) in [7, 11) is 0. The summed E-state index contributed by atoms with van der Waals surface area (Å²) in [6.07, 6.45) is 15.0. The van der Waals surface area contributed by atoms with E-state index in [1.54, 1.807) is 0 Å². The van der Waals surface area contributed by atoms with Gasteiger partial charge in [-0.2, -0.15) is 0 Å². The van der Waals surface area contributed by atoms with Gasteiger partial charge in [-0.05, 0) is 79.1 Å². The molecule has 0 saturated heterocycles. The minimum atomic E-state index is 0.320. The zero-order valence-corrected chi connectivity index (χ0v) is 13.0. The quantitative estimate of drug-likeness (QED) is 0.621. The Bertz CT molecular complexity index is 464. The average Bonchev–Trinajstić information content (AvgIpc) is 2.81. The van der Waals surface area contributed by atoms with Gasteiger partial charge in [0.05, 0.1) is 0 Å². The maximum atomic E-state index is 11.8. The molecule has 3 saturated carbocycles. The zero-order chi connectivity index (χ0) is 14.0. The summed E-state index contributed by atoms with van der Waals surface area (Å²) < 4.78 is 0. The molecule has 0 N–H and O–H groups in total. The molecule has 4 rings (SSSR count). The standard InChI is InChI=1S/C19H28O/c1-18-9-3-4-16(18)15-6-5-13-12-14(20)7-11-19(13,2)17(15)8-10-18/h7,11,13,15-17H,3-6,8-10,12H2,1-2H3/t13-,15-,16-,17-,18-,19+/m0/s1. The first-order valence-electron chi connectivity index (χ1n) is 8.75. The van der Waals surface area contributed by atoms with Crippen LogP contribution in [0.3, 0.4) is 0 Å². The van der Waals surface area contributed by atoms with Gasteiger partial charge in [-0.15, -0.1) is 0 Å². The van der Waals surface area contributed by atoms with Crippen molar-refractivity contribution in [1.82, 2.24) is 0 Å². The third kappa shape index (κ3) is 1.64. The van der Waals surface area contributed by atoms with Gasteiger partial charge >= 0.3 is 0 Å². The predicted molar refractivity (Wildman–Crippen MR) is 81.3 cm³/mol. The van der Waals surface area contributed by atoms with E-state index >= 15 is 0 Å². The van der Waals surface area contributed by atoms with E-state index < -0.39 is 0 Å². The summed E-state index contributed by atoms with van der Waals surface area (Å²) in [5.74, 6) is 3.77. The van der Waals surface area contributed by atoms with Crippen LogP contribution in [0.25, 0.3) is 0 Å². The second kappa shape index (κ2) is 4.21. The molecular formula is C19H28O. The topological polar surface area (TPSA) is 17.1 Å². The molecular weight excluding hydrogens is 244 g/mol. The molecule has 20 heavy (non-hydrogen) atoms. The lowest BCUT2D eigenvalue weighted by Gasteiger charge is -2.58. The van der Waals surface area contributed by atoms with Crippen molar-refractivity contribution in [3.05, 3.63) is 12.2 Å². The van der Waals surface area contributed by atoms with Gasteiger partial charge in [0.25, 0.3) is 0 Å². The van der Waals surface area contributed by atoms with Crippen molar-refractivity contribution in [1.29, 1.82) is 0 Å². The van der Waals surface area contributed by atoms with Crippen molar-refractivity contribution in [3.63, 3.8) is 0 Å². The van der Waals surface area contributed by atoms with E-state index in [9.17, 15) is 4.79 Å². The minimum Gasteiger partial charge on any atom is -0.295 e. The highest BCUT2D eigenvalue weighted by Crippen LogP contribution is 2.64. The average molecular weight is 272 g/mol. The lowest BCUT2D eigenvalue weighted by atomic mass is 9.46. The lowest BCUT2D eigenvalue weighted by Crippen LogP contribution is -2.51. The van der Waals surface area contributed by atoms with Crippen molar-refractivity contribution in [2.24, 2.45) is 34.5 Å². The summed E-state index contributed by atoms with van der Waals surface area (Å²) in [5.41, 5.74) is 0.972. The van der Waals surface area contributed by atoms with Crippen molar-refractivity contribution in [2.75, 3.05) is 0 Å². The number of allylic oxidation sites excluding steroid dienone is 2. The molecule has 0 aliphatic heterocycles. The van der Waals surface area contributed by atoms with Crippen LogP contribution in [0.15, 0.2) is 12.2 Å². The van der Waals surface area contributed by atoms with Crippen LogP contribution in [0.1, 0.15) is 65.2 Å². The Morgan fingerprint density at radius 2 is 1.90 bits per heavy atom. The number of hydrogen-bond acceptors (Lipinski definition) is 1. The van der Waals surface area contributed by atoms with Gasteiger partial charge in [-0.3, -0.25) is 4.79 Å². The fraction of sp³-hybridized carbons (Fsp3) is 0.842.